The lowest BCUT2D eigenvalue weighted by Crippen LogP contribution is -2.15. The molecule has 10 heavy (non-hydrogen) atoms. The van der Waals surface area contributed by atoms with Gasteiger partial charge in [-0.15, -0.1) is 0 Å². The van der Waals surface area contributed by atoms with Crippen LogP contribution >= 0.6 is 0 Å². The third-order valence-electron chi connectivity index (χ3n) is 1.90. The Morgan fingerprint density at radius 3 is 2.30 bits per heavy atom. The first kappa shape index (κ1) is 9.92. The van der Waals surface area contributed by atoms with Crippen molar-refractivity contribution in [1.29, 1.82) is 0 Å². The zero-order valence-electron chi connectivity index (χ0n) is 7.01. The summed E-state index contributed by atoms with van der Waals surface area (Å²) in [5.74, 6) is 0.606. The van der Waals surface area contributed by atoms with E-state index in [0.29, 0.717) is 5.92 Å². The fourth-order valence-electron chi connectivity index (χ4n) is 0.966. The van der Waals surface area contributed by atoms with Gasteiger partial charge in [0.1, 0.15) is 0 Å². The van der Waals surface area contributed by atoms with Crippen molar-refractivity contribution in [1.82, 2.24) is 0 Å². The van der Waals surface area contributed by atoms with Crippen LogP contribution in [0.3, 0.4) is 0 Å². The summed E-state index contributed by atoms with van der Waals surface area (Å²) in [4.78, 5) is 0. The van der Waals surface area contributed by atoms with Crippen molar-refractivity contribution >= 4 is 0 Å². The number of hydrogen-bond donors (Lipinski definition) is 2. The number of aliphatic hydroxyl groups is 1. The average molecular weight is 145 g/mol. The number of rotatable bonds is 5. The van der Waals surface area contributed by atoms with Crippen LogP contribution in [-0.4, -0.2) is 17.8 Å². The minimum Gasteiger partial charge on any atom is -0.393 e. The van der Waals surface area contributed by atoms with Crippen molar-refractivity contribution in [2.45, 2.75) is 39.2 Å². The van der Waals surface area contributed by atoms with Crippen LogP contribution in [0, 0.1) is 5.92 Å². The second kappa shape index (κ2) is 5.69. The first-order valence-electron chi connectivity index (χ1n) is 4.08. The van der Waals surface area contributed by atoms with Crippen molar-refractivity contribution in [3.8, 4) is 0 Å². The quantitative estimate of drug-likeness (QED) is 0.609. The highest BCUT2D eigenvalue weighted by Crippen LogP contribution is 2.10. The molecule has 0 aromatic carbocycles. The van der Waals surface area contributed by atoms with Gasteiger partial charge in [-0.1, -0.05) is 13.3 Å². The molecule has 0 aliphatic rings. The fraction of sp³-hybridized carbons (Fsp3) is 1.00. The maximum atomic E-state index is 8.95. The highest BCUT2D eigenvalue weighted by Gasteiger charge is 2.04. The minimum atomic E-state index is -0.166. The normalized spacial score (nSPS) is 16.8. The molecule has 0 heterocycles. The molecule has 3 N–H and O–H groups in total. The second-order valence-electron chi connectivity index (χ2n) is 2.94. The van der Waals surface area contributed by atoms with Crippen LogP contribution in [0.2, 0.25) is 0 Å². The maximum absolute atomic E-state index is 8.95. The summed E-state index contributed by atoms with van der Waals surface area (Å²) in [6.45, 7) is 4.71. The zero-order valence-corrected chi connectivity index (χ0v) is 7.01. The Hall–Kier alpha value is -0.0800. The predicted octanol–water partition coefficient (Wildman–Crippen LogP) is 1.13. The maximum Gasteiger partial charge on any atom is 0.0512 e. The SMILES string of the molecule is CCC(CN)CCC(C)O. The number of aliphatic hydroxyl groups excluding tert-OH is 1. The van der Waals surface area contributed by atoms with E-state index < -0.39 is 0 Å². The average Bonchev–Trinajstić information content (AvgIpc) is 1.90. The van der Waals surface area contributed by atoms with Crippen molar-refractivity contribution in [2.75, 3.05) is 6.54 Å². The molecule has 0 bridgehead atoms. The van der Waals surface area contributed by atoms with Crippen LogP contribution in [-0.2, 0) is 0 Å². The predicted molar refractivity (Wildman–Crippen MR) is 43.8 cm³/mol. The van der Waals surface area contributed by atoms with E-state index in [1.54, 1.807) is 0 Å². The fourth-order valence-corrected chi connectivity index (χ4v) is 0.966. The Balaban J connectivity index is 3.26. The van der Waals surface area contributed by atoms with E-state index in [9.17, 15) is 0 Å². The first-order valence-corrected chi connectivity index (χ1v) is 4.08. The Bertz CT molecular complexity index is 69.7. The molecule has 2 atom stereocenters. The van der Waals surface area contributed by atoms with Gasteiger partial charge in [-0.25, -0.2) is 0 Å². The van der Waals surface area contributed by atoms with Gasteiger partial charge < -0.3 is 10.8 Å². The van der Waals surface area contributed by atoms with Crippen LogP contribution in [0.1, 0.15) is 33.1 Å². The molecule has 62 valence electrons. The van der Waals surface area contributed by atoms with E-state index in [1.807, 2.05) is 6.92 Å². The Labute approximate surface area is 63.4 Å². The molecule has 0 aliphatic heterocycles. The molecule has 0 fully saturated rings. The molecule has 0 aromatic rings. The monoisotopic (exact) mass is 145 g/mol. The summed E-state index contributed by atoms with van der Waals surface area (Å²) < 4.78 is 0. The Morgan fingerprint density at radius 1 is 1.40 bits per heavy atom. The highest BCUT2D eigenvalue weighted by atomic mass is 16.3. The Morgan fingerprint density at radius 2 is 2.00 bits per heavy atom. The van der Waals surface area contributed by atoms with Crippen molar-refractivity contribution in [3.63, 3.8) is 0 Å². The minimum absolute atomic E-state index is 0.166. The summed E-state index contributed by atoms with van der Waals surface area (Å²) in [5, 5.41) is 8.95. The van der Waals surface area contributed by atoms with Gasteiger partial charge in [-0.3, -0.25) is 0 Å². The second-order valence-corrected chi connectivity index (χ2v) is 2.94. The van der Waals surface area contributed by atoms with Crippen molar-refractivity contribution in [3.05, 3.63) is 0 Å². The van der Waals surface area contributed by atoms with Crippen LogP contribution in [0.25, 0.3) is 0 Å². The highest BCUT2D eigenvalue weighted by molar-refractivity contribution is 4.59. The summed E-state index contributed by atoms with van der Waals surface area (Å²) in [5.41, 5.74) is 5.49. The lowest BCUT2D eigenvalue weighted by atomic mass is 9.99. The number of nitrogens with two attached hydrogens (primary N) is 1. The van der Waals surface area contributed by atoms with E-state index in [-0.39, 0.29) is 6.10 Å². The molecule has 2 nitrogen and oxygen atoms in total. The van der Waals surface area contributed by atoms with E-state index in [2.05, 4.69) is 6.92 Å². The Kier molecular flexibility index (Phi) is 5.64. The van der Waals surface area contributed by atoms with Crippen molar-refractivity contribution in [2.24, 2.45) is 11.7 Å². The summed E-state index contributed by atoms with van der Waals surface area (Å²) in [6, 6.07) is 0. The summed E-state index contributed by atoms with van der Waals surface area (Å²) in [7, 11) is 0. The molecule has 2 unspecified atom stereocenters. The zero-order chi connectivity index (χ0) is 7.98. The molecule has 0 radical (unpaired) electrons. The third-order valence-corrected chi connectivity index (χ3v) is 1.90. The lowest BCUT2D eigenvalue weighted by molar-refractivity contribution is 0.173. The molecule has 0 spiro atoms. The molecular formula is C8H19NO. The van der Waals surface area contributed by atoms with Crippen LogP contribution in [0.5, 0.6) is 0 Å². The first-order chi connectivity index (χ1) is 4.70. The molecule has 0 aliphatic carbocycles. The summed E-state index contributed by atoms with van der Waals surface area (Å²) >= 11 is 0. The van der Waals surface area contributed by atoms with Gasteiger partial charge in [0.2, 0.25) is 0 Å². The topological polar surface area (TPSA) is 46.2 Å². The smallest absolute Gasteiger partial charge is 0.0512 e. The number of hydrogen-bond acceptors (Lipinski definition) is 2. The molecule has 0 saturated heterocycles. The van der Waals surface area contributed by atoms with E-state index >= 15 is 0 Å². The van der Waals surface area contributed by atoms with E-state index in [1.165, 1.54) is 0 Å². The molecule has 0 aromatic heterocycles. The van der Waals surface area contributed by atoms with Gasteiger partial charge in [0.25, 0.3) is 0 Å². The van der Waals surface area contributed by atoms with Crippen LogP contribution in [0.4, 0.5) is 0 Å². The third kappa shape index (κ3) is 4.77. The molecule has 2 heteroatoms. The summed E-state index contributed by atoms with van der Waals surface area (Å²) in [6.07, 6.45) is 2.91. The van der Waals surface area contributed by atoms with Gasteiger partial charge in [0.05, 0.1) is 6.10 Å². The van der Waals surface area contributed by atoms with Crippen molar-refractivity contribution < 1.29 is 5.11 Å². The van der Waals surface area contributed by atoms with Gasteiger partial charge in [-0.05, 0) is 32.2 Å². The molecule has 0 saturated carbocycles. The van der Waals surface area contributed by atoms with E-state index in [0.717, 1.165) is 25.8 Å². The van der Waals surface area contributed by atoms with Gasteiger partial charge in [0.15, 0.2) is 0 Å². The van der Waals surface area contributed by atoms with Gasteiger partial charge >= 0.3 is 0 Å². The molecule has 0 amide bonds. The molecular weight excluding hydrogens is 126 g/mol. The largest absolute Gasteiger partial charge is 0.393 e. The molecule has 0 rings (SSSR count). The standard InChI is InChI=1S/C8H19NO/c1-3-8(6-9)5-4-7(2)10/h7-8,10H,3-6,9H2,1-2H3. The van der Waals surface area contributed by atoms with E-state index in [4.69, 9.17) is 10.8 Å². The van der Waals surface area contributed by atoms with Crippen LogP contribution in [0.15, 0.2) is 0 Å². The van der Waals surface area contributed by atoms with Crippen LogP contribution < -0.4 is 5.73 Å². The van der Waals surface area contributed by atoms with Gasteiger partial charge in [-0.2, -0.15) is 0 Å². The van der Waals surface area contributed by atoms with Gasteiger partial charge in [0, 0.05) is 0 Å². The lowest BCUT2D eigenvalue weighted by Gasteiger charge is -2.12.